The maximum absolute atomic E-state index is 12.4. The first kappa shape index (κ1) is 17.5. The van der Waals surface area contributed by atoms with Crippen molar-refractivity contribution in [2.24, 2.45) is 0 Å². The van der Waals surface area contributed by atoms with E-state index in [1.54, 1.807) is 25.3 Å². The number of hydrogen-bond donors (Lipinski definition) is 1. The number of rotatable bonds is 5. The summed E-state index contributed by atoms with van der Waals surface area (Å²) in [5.41, 5.74) is 3.34. The molecule has 0 fully saturated rings. The molecule has 0 radical (unpaired) electrons. The molecule has 6 heteroatoms. The van der Waals surface area contributed by atoms with E-state index in [4.69, 9.17) is 9.15 Å². The van der Waals surface area contributed by atoms with E-state index in [2.05, 4.69) is 15.5 Å². The summed E-state index contributed by atoms with van der Waals surface area (Å²) in [5.74, 6) is 0.661. The molecule has 0 atom stereocenters. The minimum atomic E-state index is -0.319. The molecule has 0 saturated carbocycles. The van der Waals surface area contributed by atoms with Gasteiger partial charge in [-0.3, -0.25) is 10.1 Å². The lowest BCUT2D eigenvalue weighted by atomic mass is 10.0. The quantitative estimate of drug-likeness (QED) is 0.552. The molecule has 1 N–H and O–H groups in total. The topological polar surface area (TPSA) is 77.3 Å². The van der Waals surface area contributed by atoms with Crippen LogP contribution in [0.5, 0.6) is 5.75 Å². The third kappa shape index (κ3) is 3.76. The van der Waals surface area contributed by atoms with E-state index in [9.17, 15) is 4.79 Å². The number of carbonyl (C=O) groups excluding carboxylic acids is 1. The van der Waals surface area contributed by atoms with Gasteiger partial charge in [-0.05, 0) is 41.5 Å². The van der Waals surface area contributed by atoms with Crippen LogP contribution in [-0.2, 0) is 0 Å². The van der Waals surface area contributed by atoms with E-state index in [0.29, 0.717) is 22.8 Å². The molecule has 0 aliphatic rings. The van der Waals surface area contributed by atoms with Crippen LogP contribution in [0.2, 0.25) is 0 Å². The number of carbonyl (C=O) groups is 1. The lowest BCUT2D eigenvalue weighted by Gasteiger charge is -2.04. The second-order valence-corrected chi connectivity index (χ2v) is 6.04. The Labute approximate surface area is 161 Å². The number of methoxy groups -OCH3 is 1. The SMILES string of the molecule is COc1cccc(-c2nnc(NC(=O)c3ccc(-c4ccccc4)cc3)o2)c1. The summed E-state index contributed by atoms with van der Waals surface area (Å²) in [6, 6.07) is 24.6. The Morgan fingerprint density at radius 1 is 0.857 bits per heavy atom. The predicted molar refractivity (Wildman–Crippen MR) is 106 cm³/mol. The molecule has 4 rings (SSSR count). The summed E-state index contributed by atoms with van der Waals surface area (Å²) < 4.78 is 10.7. The summed E-state index contributed by atoms with van der Waals surface area (Å²) in [6.45, 7) is 0. The lowest BCUT2D eigenvalue weighted by molar-refractivity contribution is 0.102. The van der Waals surface area contributed by atoms with E-state index in [1.807, 2.05) is 60.7 Å². The molecular formula is C22H17N3O3. The number of anilines is 1. The first-order chi connectivity index (χ1) is 13.7. The normalized spacial score (nSPS) is 10.5. The summed E-state index contributed by atoms with van der Waals surface area (Å²) >= 11 is 0. The van der Waals surface area contributed by atoms with Gasteiger partial charge < -0.3 is 9.15 Å². The Morgan fingerprint density at radius 2 is 1.57 bits per heavy atom. The fraction of sp³-hybridized carbons (Fsp3) is 0.0455. The highest BCUT2D eigenvalue weighted by atomic mass is 16.5. The highest BCUT2D eigenvalue weighted by molar-refractivity contribution is 6.03. The molecule has 138 valence electrons. The van der Waals surface area contributed by atoms with Crippen molar-refractivity contribution in [1.82, 2.24) is 10.2 Å². The zero-order valence-electron chi connectivity index (χ0n) is 15.1. The lowest BCUT2D eigenvalue weighted by Crippen LogP contribution is -2.11. The Hall–Kier alpha value is -3.93. The fourth-order valence-corrected chi connectivity index (χ4v) is 2.76. The van der Waals surface area contributed by atoms with Gasteiger partial charge in [-0.25, -0.2) is 0 Å². The second-order valence-electron chi connectivity index (χ2n) is 6.04. The first-order valence-corrected chi connectivity index (χ1v) is 8.68. The van der Waals surface area contributed by atoms with Gasteiger partial charge in [0.15, 0.2) is 0 Å². The highest BCUT2D eigenvalue weighted by Crippen LogP contribution is 2.24. The van der Waals surface area contributed by atoms with Gasteiger partial charge in [-0.15, -0.1) is 5.10 Å². The van der Waals surface area contributed by atoms with Gasteiger partial charge in [-0.1, -0.05) is 53.6 Å². The summed E-state index contributed by atoms with van der Waals surface area (Å²) in [4.78, 5) is 12.4. The number of amides is 1. The molecule has 0 saturated heterocycles. The molecule has 3 aromatic carbocycles. The van der Waals surface area contributed by atoms with Crippen LogP contribution in [0.15, 0.2) is 83.3 Å². The van der Waals surface area contributed by atoms with E-state index in [-0.39, 0.29) is 11.9 Å². The Bertz CT molecular complexity index is 1090. The van der Waals surface area contributed by atoms with Crippen molar-refractivity contribution in [1.29, 1.82) is 0 Å². The molecule has 1 amide bonds. The van der Waals surface area contributed by atoms with Crippen molar-refractivity contribution in [2.75, 3.05) is 12.4 Å². The van der Waals surface area contributed by atoms with Gasteiger partial charge in [-0.2, -0.15) is 0 Å². The molecule has 0 unspecified atom stereocenters. The van der Waals surface area contributed by atoms with Crippen LogP contribution in [0.3, 0.4) is 0 Å². The molecule has 1 aromatic heterocycles. The van der Waals surface area contributed by atoms with Crippen molar-refractivity contribution in [3.8, 4) is 28.3 Å². The molecule has 4 aromatic rings. The van der Waals surface area contributed by atoms with Crippen molar-refractivity contribution in [3.63, 3.8) is 0 Å². The van der Waals surface area contributed by atoms with E-state index >= 15 is 0 Å². The molecule has 0 bridgehead atoms. The van der Waals surface area contributed by atoms with Crippen molar-refractivity contribution in [3.05, 3.63) is 84.4 Å². The largest absolute Gasteiger partial charge is 0.497 e. The maximum atomic E-state index is 12.4. The number of benzene rings is 3. The third-order valence-electron chi connectivity index (χ3n) is 4.22. The van der Waals surface area contributed by atoms with Gasteiger partial charge >= 0.3 is 6.01 Å². The molecule has 0 aliphatic carbocycles. The average Bonchev–Trinajstić information content (AvgIpc) is 3.23. The number of ether oxygens (including phenoxy) is 1. The predicted octanol–water partition coefficient (Wildman–Crippen LogP) is 4.66. The second kappa shape index (κ2) is 7.75. The molecule has 28 heavy (non-hydrogen) atoms. The highest BCUT2D eigenvalue weighted by Gasteiger charge is 2.13. The van der Waals surface area contributed by atoms with Crippen molar-refractivity contribution >= 4 is 11.9 Å². The minimum Gasteiger partial charge on any atom is -0.497 e. The first-order valence-electron chi connectivity index (χ1n) is 8.68. The van der Waals surface area contributed by atoms with Gasteiger partial charge in [0.2, 0.25) is 5.89 Å². The van der Waals surface area contributed by atoms with Crippen LogP contribution in [-0.4, -0.2) is 23.2 Å². The maximum Gasteiger partial charge on any atom is 0.322 e. The molecule has 6 nitrogen and oxygen atoms in total. The summed E-state index contributed by atoms with van der Waals surface area (Å²) in [6.07, 6.45) is 0. The van der Waals surface area contributed by atoms with Crippen molar-refractivity contribution in [2.45, 2.75) is 0 Å². The van der Waals surface area contributed by atoms with Gasteiger partial charge in [0.1, 0.15) is 5.75 Å². The average molecular weight is 371 g/mol. The van der Waals surface area contributed by atoms with E-state index in [1.165, 1.54) is 0 Å². The summed E-state index contributed by atoms with van der Waals surface area (Å²) in [7, 11) is 1.58. The van der Waals surface area contributed by atoms with Crippen LogP contribution >= 0.6 is 0 Å². The Kier molecular flexibility index (Phi) is 4.84. The molecule has 0 aliphatic heterocycles. The smallest absolute Gasteiger partial charge is 0.322 e. The Morgan fingerprint density at radius 3 is 2.32 bits per heavy atom. The number of hydrogen-bond acceptors (Lipinski definition) is 5. The minimum absolute atomic E-state index is 0.0370. The van der Waals surface area contributed by atoms with E-state index < -0.39 is 0 Å². The van der Waals surface area contributed by atoms with E-state index in [0.717, 1.165) is 11.1 Å². The third-order valence-corrected chi connectivity index (χ3v) is 4.22. The van der Waals surface area contributed by atoms with Crippen LogP contribution in [0, 0.1) is 0 Å². The van der Waals surface area contributed by atoms with Crippen LogP contribution in [0.1, 0.15) is 10.4 Å². The van der Waals surface area contributed by atoms with Gasteiger partial charge in [0, 0.05) is 11.1 Å². The van der Waals surface area contributed by atoms with Crippen LogP contribution in [0.4, 0.5) is 6.01 Å². The monoisotopic (exact) mass is 371 g/mol. The van der Waals surface area contributed by atoms with Crippen LogP contribution < -0.4 is 10.1 Å². The van der Waals surface area contributed by atoms with Gasteiger partial charge in [0.25, 0.3) is 5.91 Å². The standard InChI is InChI=1S/C22H17N3O3/c1-27-19-9-5-8-18(14-19)21-24-25-22(28-21)23-20(26)17-12-10-16(11-13-17)15-6-3-2-4-7-15/h2-14H,1H3,(H,23,25,26). The number of aromatic nitrogens is 2. The molecule has 1 heterocycles. The molecule has 0 spiro atoms. The molecular weight excluding hydrogens is 354 g/mol. The zero-order valence-corrected chi connectivity index (χ0v) is 15.1. The van der Waals surface area contributed by atoms with Crippen molar-refractivity contribution < 1.29 is 13.9 Å². The number of nitrogens with one attached hydrogen (secondary N) is 1. The fourth-order valence-electron chi connectivity index (χ4n) is 2.76. The van der Waals surface area contributed by atoms with Crippen LogP contribution in [0.25, 0.3) is 22.6 Å². The van der Waals surface area contributed by atoms with Gasteiger partial charge in [0.05, 0.1) is 7.11 Å². The zero-order chi connectivity index (χ0) is 19.3. The number of nitrogens with zero attached hydrogens (tertiary/aromatic N) is 2. The summed E-state index contributed by atoms with van der Waals surface area (Å²) in [5, 5.41) is 10.5. The Balaban J connectivity index is 1.47.